The van der Waals surface area contributed by atoms with Crippen LogP contribution in [0.25, 0.3) is 0 Å². The van der Waals surface area contributed by atoms with Crippen molar-refractivity contribution in [2.75, 3.05) is 13.7 Å². The Kier molecular flexibility index (Phi) is 5.48. The number of benzene rings is 2. The monoisotopic (exact) mass is 379 g/mol. The summed E-state index contributed by atoms with van der Waals surface area (Å²) in [4.78, 5) is 0. The van der Waals surface area contributed by atoms with Crippen molar-refractivity contribution < 1.29 is 9.84 Å². The van der Waals surface area contributed by atoms with Gasteiger partial charge in [-0.15, -0.1) is 0 Å². The number of nitrogens with two attached hydrogens (primary N) is 1. The molecule has 2 aliphatic rings. The lowest BCUT2D eigenvalue weighted by atomic mass is 9.74. The average molecular weight is 380 g/mol. The van der Waals surface area contributed by atoms with Crippen LogP contribution in [0.15, 0.2) is 42.5 Å². The van der Waals surface area contributed by atoms with E-state index < -0.39 is 0 Å². The van der Waals surface area contributed by atoms with Gasteiger partial charge < -0.3 is 15.6 Å². The molecule has 1 fully saturated rings. The van der Waals surface area contributed by atoms with Gasteiger partial charge in [-0.3, -0.25) is 0 Å². The molecule has 4 atom stereocenters. The molecule has 0 bridgehead atoms. The van der Waals surface area contributed by atoms with Crippen molar-refractivity contribution in [1.29, 1.82) is 0 Å². The van der Waals surface area contributed by atoms with E-state index in [2.05, 4.69) is 49.4 Å². The molecule has 2 aromatic carbocycles. The van der Waals surface area contributed by atoms with Crippen LogP contribution in [0.3, 0.4) is 0 Å². The van der Waals surface area contributed by atoms with Crippen molar-refractivity contribution in [1.82, 2.24) is 0 Å². The molecule has 150 valence electrons. The molecule has 0 aliphatic heterocycles. The van der Waals surface area contributed by atoms with Crippen LogP contribution in [-0.4, -0.2) is 24.4 Å². The van der Waals surface area contributed by atoms with E-state index in [1.165, 1.54) is 28.7 Å². The Balaban J connectivity index is 1.46. The summed E-state index contributed by atoms with van der Waals surface area (Å²) in [6.45, 7) is 2.46. The number of methoxy groups -OCH3 is 1. The highest BCUT2D eigenvalue weighted by molar-refractivity contribution is 5.38. The van der Waals surface area contributed by atoms with Gasteiger partial charge in [-0.1, -0.05) is 37.3 Å². The molecule has 2 aliphatic carbocycles. The van der Waals surface area contributed by atoms with Crippen LogP contribution in [0, 0.1) is 5.92 Å². The maximum absolute atomic E-state index is 9.55. The molecule has 3 heteroatoms. The van der Waals surface area contributed by atoms with Crippen LogP contribution in [0.5, 0.6) is 5.75 Å². The third-order valence-corrected chi connectivity index (χ3v) is 7.28. The standard InChI is InChI=1S/C25H33NO2/c1-17(18-7-9-24(28-2)10-8-18)19-3-4-21-14-22(6-5-20(21)13-19)23-11-12-25(26,15-23)16-27/h5-10,14,17,19,23,27H,3-4,11-13,15-16,26H2,1-2H3/t17?,19?,23-,25+/m0/s1. The molecule has 0 heterocycles. The SMILES string of the molecule is COc1ccc(C(C)C2CCc3cc([C@H]4CC[C@](N)(CO)C4)ccc3C2)cc1. The number of rotatable bonds is 5. The van der Waals surface area contributed by atoms with Crippen LogP contribution in [0.2, 0.25) is 0 Å². The number of aliphatic hydroxyl groups is 1. The van der Waals surface area contributed by atoms with E-state index in [1.807, 2.05) is 0 Å². The summed E-state index contributed by atoms with van der Waals surface area (Å²) >= 11 is 0. The zero-order valence-electron chi connectivity index (χ0n) is 17.2. The minimum absolute atomic E-state index is 0.0966. The lowest BCUT2D eigenvalue weighted by Crippen LogP contribution is -2.40. The van der Waals surface area contributed by atoms with Crippen molar-refractivity contribution >= 4 is 0 Å². The summed E-state index contributed by atoms with van der Waals surface area (Å²) in [6.07, 6.45) is 6.48. The summed E-state index contributed by atoms with van der Waals surface area (Å²) in [7, 11) is 1.72. The van der Waals surface area contributed by atoms with Gasteiger partial charge in [0.1, 0.15) is 5.75 Å². The Labute approximate surface area is 168 Å². The van der Waals surface area contributed by atoms with Crippen molar-refractivity contribution in [3.8, 4) is 5.75 Å². The normalized spacial score (nSPS) is 28.0. The van der Waals surface area contributed by atoms with Crippen molar-refractivity contribution in [2.24, 2.45) is 11.7 Å². The van der Waals surface area contributed by atoms with E-state index in [-0.39, 0.29) is 12.1 Å². The summed E-state index contributed by atoms with van der Waals surface area (Å²) in [6, 6.07) is 15.7. The lowest BCUT2D eigenvalue weighted by molar-refractivity contribution is 0.198. The smallest absolute Gasteiger partial charge is 0.118 e. The van der Waals surface area contributed by atoms with Crippen LogP contribution < -0.4 is 10.5 Å². The number of hydrogen-bond donors (Lipinski definition) is 2. The van der Waals surface area contributed by atoms with E-state index in [0.717, 1.165) is 37.9 Å². The fourth-order valence-corrected chi connectivity index (χ4v) is 5.25. The minimum Gasteiger partial charge on any atom is -0.497 e. The maximum Gasteiger partial charge on any atom is 0.118 e. The highest BCUT2D eigenvalue weighted by Gasteiger charge is 2.36. The maximum atomic E-state index is 9.55. The predicted octanol–water partition coefficient (Wildman–Crippen LogP) is 4.56. The Morgan fingerprint density at radius 2 is 1.93 bits per heavy atom. The third-order valence-electron chi connectivity index (χ3n) is 7.28. The molecule has 2 aromatic rings. The molecule has 2 unspecified atom stereocenters. The Morgan fingerprint density at radius 1 is 1.14 bits per heavy atom. The fraction of sp³-hybridized carbons (Fsp3) is 0.520. The van der Waals surface area contributed by atoms with E-state index in [4.69, 9.17) is 10.5 Å². The Bertz CT molecular complexity index is 816. The van der Waals surface area contributed by atoms with Crippen LogP contribution in [0.1, 0.15) is 66.7 Å². The van der Waals surface area contributed by atoms with Gasteiger partial charge in [0.25, 0.3) is 0 Å². The van der Waals surface area contributed by atoms with Crippen molar-refractivity contribution in [3.63, 3.8) is 0 Å². The number of ether oxygens (including phenoxy) is 1. The number of fused-ring (bicyclic) bond motifs is 1. The molecular weight excluding hydrogens is 346 g/mol. The fourth-order valence-electron chi connectivity index (χ4n) is 5.25. The quantitative estimate of drug-likeness (QED) is 0.801. The van der Waals surface area contributed by atoms with Crippen LogP contribution in [-0.2, 0) is 12.8 Å². The summed E-state index contributed by atoms with van der Waals surface area (Å²) in [5, 5.41) is 9.55. The largest absolute Gasteiger partial charge is 0.497 e. The van der Waals surface area contributed by atoms with Gasteiger partial charge in [0.05, 0.1) is 13.7 Å². The van der Waals surface area contributed by atoms with E-state index in [1.54, 1.807) is 7.11 Å². The zero-order valence-corrected chi connectivity index (χ0v) is 17.2. The molecule has 0 aromatic heterocycles. The van der Waals surface area contributed by atoms with E-state index >= 15 is 0 Å². The summed E-state index contributed by atoms with van der Waals surface area (Å²) in [5.41, 5.74) is 11.8. The predicted molar refractivity (Wildman–Crippen MR) is 114 cm³/mol. The molecule has 0 radical (unpaired) electrons. The topological polar surface area (TPSA) is 55.5 Å². The van der Waals surface area contributed by atoms with Crippen molar-refractivity contribution in [3.05, 3.63) is 64.7 Å². The molecule has 4 rings (SSSR count). The second-order valence-electron chi connectivity index (χ2n) is 9.05. The summed E-state index contributed by atoms with van der Waals surface area (Å²) in [5.74, 6) is 2.66. The molecule has 0 amide bonds. The number of aryl methyl sites for hydroxylation is 1. The number of hydrogen-bond acceptors (Lipinski definition) is 3. The molecule has 0 saturated heterocycles. The van der Waals surface area contributed by atoms with Gasteiger partial charge in [-0.2, -0.15) is 0 Å². The van der Waals surface area contributed by atoms with Crippen LogP contribution in [0.4, 0.5) is 0 Å². The number of aliphatic hydroxyl groups excluding tert-OH is 1. The van der Waals surface area contributed by atoms with Gasteiger partial charge in [0, 0.05) is 5.54 Å². The molecule has 1 saturated carbocycles. The molecule has 3 N–H and O–H groups in total. The first-order valence-corrected chi connectivity index (χ1v) is 10.7. The van der Waals surface area contributed by atoms with Crippen molar-refractivity contribution in [2.45, 2.75) is 62.8 Å². The average Bonchev–Trinajstić information content (AvgIpc) is 3.15. The highest BCUT2D eigenvalue weighted by Crippen LogP contribution is 2.41. The first-order chi connectivity index (χ1) is 13.5. The first kappa shape index (κ1) is 19.5. The van der Waals surface area contributed by atoms with Gasteiger partial charge in [-0.25, -0.2) is 0 Å². The zero-order chi connectivity index (χ0) is 19.7. The van der Waals surface area contributed by atoms with Gasteiger partial charge in [-0.05, 0) is 90.7 Å². The van der Waals surface area contributed by atoms with E-state index in [9.17, 15) is 5.11 Å². The lowest BCUT2D eigenvalue weighted by Gasteiger charge is -2.30. The van der Waals surface area contributed by atoms with Crippen LogP contribution >= 0.6 is 0 Å². The molecular formula is C25H33NO2. The molecule has 28 heavy (non-hydrogen) atoms. The van der Waals surface area contributed by atoms with E-state index in [0.29, 0.717) is 17.8 Å². The second-order valence-corrected chi connectivity index (χ2v) is 9.05. The molecule has 3 nitrogen and oxygen atoms in total. The van der Waals surface area contributed by atoms with Gasteiger partial charge >= 0.3 is 0 Å². The second kappa shape index (κ2) is 7.88. The van der Waals surface area contributed by atoms with Gasteiger partial charge in [0.2, 0.25) is 0 Å². The minimum atomic E-state index is -0.376. The highest BCUT2D eigenvalue weighted by atomic mass is 16.5. The molecule has 0 spiro atoms. The first-order valence-electron chi connectivity index (χ1n) is 10.7. The van der Waals surface area contributed by atoms with Gasteiger partial charge in [0.15, 0.2) is 0 Å². The summed E-state index contributed by atoms with van der Waals surface area (Å²) < 4.78 is 5.29. The third kappa shape index (κ3) is 3.83. The Hall–Kier alpha value is -1.84. The Morgan fingerprint density at radius 3 is 2.61 bits per heavy atom.